The first kappa shape index (κ1) is 14.5. The lowest BCUT2D eigenvalue weighted by atomic mass is 9.98. The summed E-state index contributed by atoms with van der Waals surface area (Å²) in [6, 6.07) is 1.96. The third kappa shape index (κ3) is 4.29. The van der Waals surface area contributed by atoms with Crippen LogP contribution in [0.15, 0.2) is 9.81 Å². The summed E-state index contributed by atoms with van der Waals surface area (Å²) in [5.74, 6) is -0.460. The molecule has 5 heteroatoms. The average molecular weight is 271 g/mol. The second kappa shape index (κ2) is 7.67. The fraction of sp³-hybridized carbons (Fsp3) is 0.667. The molecule has 1 aliphatic rings. The van der Waals surface area contributed by atoms with Crippen molar-refractivity contribution in [2.45, 2.75) is 38.2 Å². The lowest BCUT2D eigenvalue weighted by Crippen LogP contribution is -2.21. The lowest BCUT2D eigenvalue weighted by molar-refractivity contribution is -0.145. The third-order valence-electron chi connectivity index (χ3n) is 2.72. The summed E-state index contributed by atoms with van der Waals surface area (Å²) in [6.45, 7) is 0. The molecule has 1 rings (SSSR count). The first-order valence-corrected chi connectivity index (χ1v) is 8.11. The molecule has 1 fully saturated rings. The molecule has 0 N–H and O–H groups in total. The number of nitriles is 1. The third-order valence-corrected chi connectivity index (χ3v) is 4.87. The zero-order valence-electron chi connectivity index (χ0n) is 10.2. The van der Waals surface area contributed by atoms with E-state index in [2.05, 4.69) is 0 Å². The average Bonchev–Trinajstić information content (AvgIpc) is 2.36. The van der Waals surface area contributed by atoms with Gasteiger partial charge in [0.1, 0.15) is 12.2 Å². The number of ether oxygens (including phenoxy) is 1. The second-order valence-corrected chi connectivity index (χ2v) is 5.74. The van der Waals surface area contributed by atoms with Gasteiger partial charge in [0.2, 0.25) is 0 Å². The van der Waals surface area contributed by atoms with Crippen LogP contribution < -0.4 is 0 Å². The van der Waals surface area contributed by atoms with Crippen molar-refractivity contribution in [2.75, 3.05) is 12.5 Å². The van der Waals surface area contributed by atoms with Crippen LogP contribution in [0.3, 0.4) is 0 Å². The zero-order chi connectivity index (χ0) is 12.7. The Morgan fingerprint density at radius 3 is 2.29 bits per heavy atom. The zero-order valence-corrected chi connectivity index (χ0v) is 11.8. The van der Waals surface area contributed by atoms with E-state index in [1.54, 1.807) is 0 Å². The highest BCUT2D eigenvalue weighted by atomic mass is 32.2. The van der Waals surface area contributed by atoms with Crippen LogP contribution in [0.5, 0.6) is 0 Å². The van der Waals surface area contributed by atoms with E-state index in [0.29, 0.717) is 0 Å². The van der Waals surface area contributed by atoms with Gasteiger partial charge in [0.25, 0.3) is 0 Å². The molecule has 0 saturated heterocycles. The number of hydrogen-bond acceptors (Lipinski definition) is 5. The first-order valence-electron chi connectivity index (χ1n) is 5.66. The van der Waals surface area contributed by atoms with Crippen molar-refractivity contribution >= 4 is 29.5 Å². The van der Waals surface area contributed by atoms with Gasteiger partial charge in [-0.25, -0.2) is 4.79 Å². The molecule has 1 aliphatic carbocycles. The molecule has 0 atom stereocenters. The normalized spacial score (nSPS) is 16.1. The highest BCUT2D eigenvalue weighted by Crippen LogP contribution is 2.29. The van der Waals surface area contributed by atoms with E-state index >= 15 is 0 Å². The Kier molecular flexibility index (Phi) is 6.53. The Hall–Kier alpha value is -0.600. The Morgan fingerprint density at radius 2 is 1.82 bits per heavy atom. The topological polar surface area (TPSA) is 50.1 Å². The maximum atomic E-state index is 11.9. The standard InChI is InChI=1S/C12H17NO2S2/c1-16-12(17-2)10(8-13)11(14)15-9-6-4-3-5-7-9/h9H,3-7H2,1-2H3. The van der Waals surface area contributed by atoms with E-state index in [1.807, 2.05) is 18.6 Å². The number of carbonyl (C=O) groups is 1. The van der Waals surface area contributed by atoms with Crippen LogP contribution in [0.4, 0.5) is 0 Å². The second-order valence-electron chi connectivity index (χ2n) is 3.85. The van der Waals surface area contributed by atoms with Gasteiger partial charge in [0.05, 0.1) is 4.24 Å². The van der Waals surface area contributed by atoms with Crippen molar-refractivity contribution in [3.63, 3.8) is 0 Å². The number of carbonyl (C=O) groups excluding carboxylic acids is 1. The molecule has 1 saturated carbocycles. The van der Waals surface area contributed by atoms with Crippen molar-refractivity contribution in [1.29, 1.82) is 5.26 Å². The van der Waals surface area contributed by atoms with Crippen LogP contribution in [0.1, 0.15) is 32.1 Å². The van der Waals surface area contributed by atoms with Gasteiger partial charge in [-0.05, 0) is 38.2 Å². The van der Waals surface area contributed by atoms with Gasteiger partial charge in [0.15, 0.2) is 5.57 Å². The smallest absolute Gasteiger partial charge is 0.350 e. The molecule has 0 aromatic heterocycles. The van der Waals surface area contributed by atoms with Gasteiger partial charge in [-0.3, -0.25) is 0 Å². The molecule has 0 spiro atoms. The molecule has 0 amide bonds. The number of rotatable bonds is 4. The minimum Gasteiger partial charge on any atom is -0.458 e. The highest BCUT2D eigenvalue weighted by molar-refractivity contribution is 8.21. The van der Waals surface area contributed by atoms with Crippen LogP contribution >= 0.6 is 23.5 Å². The van der Waals surface area contributed by atoms with E-state index in [0.717, 1.165) is 29.9 Å². The van der Waals surface area contributed by atoms with E-state index in [4.69, 9.17) is 10.00 Å². The Labute approximate surface area is 111 Å². The molecule has 0 unspecified atom stereocenters. The number of thioether (sulfide) groups is 2. The summed E-state index contributed by atoms with van der Waals surface area (Å²) in [7, 11) is 0. The van der Waals surface area contributed by atoms with E-state index in [9.17, 15) is 4.79 Å². The van der Waals surface area contributed by atoms with Gasteiger partial charge in [0, 0.05) is 0 Å². The molecule has 94 valence electrons. The van der Waals surface area contributed by atoms with Gasteiger partial charge in [-0.2, -0.15) is 5.26 Å². The minimum atomic E-state index is -0.460. The number of nitrogens with zero attached hydrogens (tertiary/aromatic N) is 1. The maximum Gasteiger partial charge on any atom is 0.350 e. The van der Waals surface area contributed by atoms with Crippen LogP contribution in [0, 0.1) is 11.3 Å². The SMILES string of the molecule is CSC(SC)=C(C#N)C(=O)OC1CCCCC1. The predicted molar refractivity (Wildman–Crippen MR) is 72.6 cm³/mol. The molecular weight excluding hydrogens is 254 g/mol. The molecule has 3 nitrogen and oxygen atoms in total. The fourth-order valence-corrected chi connectivity index (χ4v) is 3.19. The predicted octanol–water partition coefficient (Wildman–Crippen LogP) is 3.32. The summed E-state index contributed by atoms with van der Waals surface area (Å²) in [6.07, 6.45) is 9.02. The van der Waals surface area contributed by atoms with Crippen molar-refractivity contribution in [3.8, 4) is 6.07 Å². The van der Waals surface area contributed by atoms with Crippen LogP contribution in [-0.4, -0.2) is 24.6 Å². The summed E-state index contributed by atoms with van der Waals surface area (Å²) >= 11 is 2.82. The van der Waals surface area contributed by atoms with Gasteiger partial charge >= 0.3 is 5.97 Å². The highest BCUT2D eigenvalue weighted by Gasteiger charge is 2.22. The van der Waals surface area contributed by atoms with E-state index in [1.165, 1.54) is 29.9 Å². The molecular formula is C12H17NO2S2. The summed E-state index contributed by atoms with van der Waals surface area (Å²) in [5, 5.41) is 9.02. The molecule has 0 aliphatic heterocycles. The number of hydrogen-bond donors (Lipinski definition) is 0. The first-order chi connectivity index (χ1) is 8.22. The van der Waals surface area contributed by atoms with Crippen LogP contribution in [0.2, 0.25) is 0 Å². The quantitative estimate of drug-likeness (QED) is 0.446. The van der Waals surface area contributed by atoms with Crippen molar-refractivity contribution in [2.24, 2.45) is 0 Å². The van der Waals surface area contributed by atoms with Crippen molar-refractivity contribution in [3.05, 3.63) is 9.81 Å². The molecule has 17 heavy (non-hydrogen) atoms. The Morgan fingerprint density at radius 1 is 1.24 bits per heavy atom. The lowest BCUT2D eigenvalue weighted by Gasteiger charge is -2.21. The van der Waals surface area contributed by atoms with Crippen LogP contribution in [0.25, 0.3) is 0 Å². The largest absolute Gasteiger partial charge is 0.458 e. The Balaban J connectivity index is 2.67. The van der Waals surface area contributed by atoms with Gasteiger partial charge < -0.3 is 4.74 Å². The van der Waals surface area contributed by atoms with E-state index in [-0.39, 0.29) is 11.7 Å². The van der Waals surface area contributed by atoms with Gasteiger partial charge in [-0.1, -0.05) is 6.42 Å². The fourth-order valence-electron chi connectivity index (χ4n) is 1.86. The summed E-state index contributed by atoms with van der Waals surface area (Å²) in [4.78, 5) is 11.9. The molecule has 0 heterocycles. The van der Waals surface area contributed by atoms with Gasteiger partial charge in [-0.15, -0.1) is 23.5 Å². The molecule has 0 aromatic carbocycles. The summed E-state index contributed by atoms with van der Waals surface area (Å²) < 4.78 is 6.11. The van der Waals surface area contributed by atoms with Crippen molar-refractivity contribution < 1.29 is 9.53 Å². The molecule has 0 aromatic rings. The molecule has 0 radical (unpaired) electrons. The van der Waals surface area contributed by atoms with Crippen molar-refractivity contribution in [1.82, 2.24) is 0 Å². The monoisotopic (exact) mass is 271 g/mol. The molecule has 0 bridgehead atoms. The van der Waals surface area contributed by atoms with Crippen LogP contribution in [-0.2, 0) is 9.53 Å². The maximum absolute atomic E-state index is 11.9. The Bertz CT molecular complexity index is 335. The number of esters is 1. The minimum absolute atomic E-state index is 0.00422. The van der Waals surface area contributed by atoms with E-state index < -0.39 is 5.97 Å². The summed E-state index contributed by atoms with van der Waals surface area (Å²) in [5.41, 5.74) is 0.149.